The van der Waals surface area contributed by atoms with E-state index in [4.69, 9.17) is 0 Å². The summed E-state index contributed by atoms with van der Waals surface area (Å²) >= 11 is 1.46. The molecule has 1 aliphatic rings. The van der Waals surface area contributed by atoms with E-state index < -0.39 is 0 Å². The Hall–Kier alpha value is -1.65. The summed E-state index contributed by atoms with van der Waals surface area (Å²) in [4.78, 5) is 15.0. The molecule has 0 radical (unpaired) electrons. The minimum Gasteiger partial charge on any atom is -0.391 e. The molecule has 3 nitrogen and oxygen atoms in total. The number of aliphatic hydroxyl groups is 1. The number of hydrogen-bond donors (Lipinski definition) is 1. The molecule has 1 amide bonds. The van der Waals surface area contributed by atoms with Crippen molar-refractivity contribution in [2.24, 2.45) is 5.92 Å². The molecule has 1 fully saturated rings. The summed E-state index contributed by atoms with van der Waals surface area (Å²) in [5.74, 6) is 0.376. The standard InChI is InChI=1S/C17H19NO2S/c1-18(11-15(19)13-7-8-13)17(20)16-14(9-10-21-16)12-5-3-2-4-6-12/h2-6,9-10,13,15,19H,7-8,11H2,1H3. The van der Waals surface area contributed by atoms with Gasteiger partial charge in [-0.25, -0.2) is 0 Å². The van der Waals surface area contributed by atoms with Crippen molar-refractivity contribution in [3.63, 3.8) is 0 Å². The quantitative estimate of drug-likeness (QED) is 0.921. The molecule has 0 spiro atoms. The summed E-state index contributed by atoms with van der Waals surface area (Å²) in [6, 6.07) is 11.9. The maximum absolute atomic E-state index is 12.6. The highest BCUT2D eigenvalue weighted by molar-refractivity contribution is 7.12. The van der Waals surface area contributed by atoms with E-state index in [-0.39, 0.29) is 12.0 Å². The molecular formula is C17H19NO2S. The van der Waals surface area contributed by atoms with Crippen LogP contribution in [0.5, 0.6) is 0 Å². The zero-order chi connectivity index (χ0) is 14.8. The monoisotopic (exact) mass is 301 g/mol. The summed E-state index contributed by atoms with van der Waals surface area (Å²) < 4.78 is 0. The van der Waals surface area contributed by atoms with Crippen molar-refractivity contribution >= 4 is 17.2 Å². The molecular weight excluding hydrogens is 282 g/mol. The Morgan fingerprint density at radius 2 is 2.05 bits per heavy atom. The van der Waals surface area contributed by atoms with Crippen LogP contribution in [0.3, 0.4) is 0 Å². The number of rotatable bonds is 5. The van der Waals surface area contributed by atoms with Gasteiger partial charge in [0.15, 0.2) is 0 Å². The van der Waals surface area contributed by atoms with Crippen molar-refractivity contribution in [1.29, 1.82) is 0 Å². The largest absolute Gasteiger partial charge is 0.391 e. The molecule has 1 aromatic carbocycles. The molecule has 1 heterocycles. The molecule has 0 aliphatic heterocycles. The minimum absolute atomic E-state index is 0.0106. The lowest BCUT2D eigenvalue weighted by Gasteiger charge is -2.20. The minimum atomic E-state index is -0.390. The normalized spacial score (nSPS) is 15.7. The van der Waals surface area contributed by atoms with Crippen LogP contribution in [0.1, 0.15) is 22.5 Å². The van der Waals surface area contributed by atoms with Crippen molar-refractivity contribution in [2.45, 2.75) is 18.9 Å². The van der Waals surface area contributed by atoms with Crippen LogP contribution in [0.2, 0.25) is 0 Å². The molecule has 1 aromatic heterocycles. The average molecular weight is 301 g/mol. The Balaban J connectivity index is 1.77. The van der Waals surface area contributed by atoms with Crippen LogP contribution in [0.25, 0.3) is 11.1 Å². The van der Waals surface area contributed by atoms with E-state index in [2.05, 4.69) is 0 Å². The van der Waals surface area contributed by atoms with Crippen LogP contribution in [-0.2, 0) is 0 Å². The first-order valence-corrected chi connectivity index (χ1v) is 8.11. The van der Waals surface area contributed by atoms with Gasteiger partial charge in [0, 0.05) is 19.2 Å². The zero-order valence-corrected chi connectivity index (χ0v) is 12.8. The first kappa shape index (κ1) is 14.3. The predicted octanol–water partition coefficient (Wildman–Crippen LogP) is 3.26. The molecule has 1 N–H and O–H groups in total. The Morgan fingerprint density at radius 1 is 1.33 bits per heavy atom. The molecule has 3 rings (SSSR count). The van der Waals surface area contributed by atoms with Gasteiger partial charge in [-0.3, -0.25) is 4.79 Å². The number of hydrogen-bond acceptors (Lipinski definition) is 3. The van der Waals surface area contributed by atoms with Gasteiger partial charge in [-0.15, -0.1) is 11.3 Å². The third kappa shape index (κ3) is 3.17. The Morgan fingerprint density at radius 3 is 2.71 bits per heavy atom. The average Bonchev–Trinajstić information content (AvgIpc) is 3.24. The summed E-state index contributed by atoms with van der Waals surface area (Å²) in [6.07, 6.45) is 1.77. The van der Waals surface area contributed by atoms with Crippen molar-refractivity contribution < 1.29 is 9.90 Å². The molecule has 4 heteroatoms. The van der Waals surface area contributed by atoms with Gasteiger partial charge in [0.25, 0.3) is 5.91 Å². The third-order valence-corrected chi connectivity index (χ3v) is 4.82. The van der Waals surface area contributed by atoms with Gasteiger partial charge in [0.2, 0.25) is 0 Å². The van der Waals surface area contributed by atoms with Gasteiger partial charge >= 0.3 is 0 Å². The number of carbonyl (C=O) groups is 1. The molecule has 2 aromatic rings. The molecule has 1 unspecified atom stereocenters. The molecule has 21 heavy (non-hydrogen) atoms. The topological polar surface area (TPSA) is 40.5 Å². The highest BCUT2D eigenvalue weighted by Crippen LogP contribution is 2.33. The maximum Gasteiger partial charge on any atom is 0.264 e. The first-order chi connectivity index (χ1) is 10.2. The molecule has 1 atom stereocenters. The van der Waals surface area contributed by atoms with Gasteiger partial charge in [-0.05, 0) is 35.8 Å². The highest BCUT2D eigenvalue weighted by atomic mass is 32.1. The lowest BCUT2D eigenvalue weighted by Crippen LogP contribution is -2.35. The van der Waals surface area contributed by atoms with Crippen LogP contribution in [0.4, 0.5) is 0 Å². The maximum atomic E-state index is 12.6. The van der Waals surface area contributed by atoms with E-state index in [1.807, 2.05) is 41.8 Å². The van der Waals surface area contributed by atoms with Crippen LogP contribution in [0, 0.1) is 5.92 Å². The highest BCUT2D eigenvalue weighted by Gasteiger charge is 2.31. The van der Waals surface area contributed by atoms with Gasteiger partial charge in [-0.1, -0.05) is 30.3 Å². The van der Waals surface area contributed by atoms with Crippen LogP contribution < -0.4 is 0 Å². The SMILES string of the molecule is CN(CC(O)C1CC1)C(=O)c1sccc1-c1ccccc1. The predicted molar refractivity (Wildman–Crippen MR) is 85.4 cm³/mol. The van der Waals surface area contributed by atoms with E-state index in [1.54, 1.807) is 11.9 Å². The second-order valence-corrected chi connectivity index (χ2v) is 6.54. The van der Waals surface area contributed by atoms with E-state index in [0.29, 0.717) is 12.5 Å². The van der Waals surface area contributed by atoms with Gasteiger partial charge in [0.05, 0.1) is 11.0 Å². The number of thiophene rings is 1. The third-order valence-electron chi connectivity index (χ3n) is 3.92. The van der Waals surface area contributed by atoms with Crippen molar-refractivity contribution in [2.75, 3.05) is 13.6 Å². The molecule has 1 aliphatic carbocycles. The molecule has 0 bridgehead atoms. The van der Waals surface area contributed by atoms with Crippen LogP contribution in [0.15, 0.2) is 41.8 Å². The summed E-state index contributed by atoms with van der Waals surface area (Å²) in [7, 11) is 1.77. The van der Waals surface area contributed by atoms with Gasteiger partial charge in [0.1, 0.15) is 0 Å². The number of likely N-dealkylation sites (N-methyl/N-ethyl adjacent to an activating group) is 1. The molecule has 0 saturated heterocycles. The lowest BCUT2D eigenvalue weighted by atomic mass is 10.1. The number of nitrogens with zero attached hydrogens (tertiary/aromatic N) is 1. The smallest absolute Gasteiger partial charge is 0.264 e. The van der Waals surface area contributed by atoms with Gasteiger partial charge < -0.3 is 10.0 Å². The van der Waals surface area contributed by atoms with Crippen molar-refractivity contribution in [3.8, 4) is 11.1 Å². The van der Waals surface area contributed by atoms with Gasteiger partial charge in [-0.2, -0.15) is 0 Å². The van der Waals surface area contributed by atoms with Crippen LogP contribution >= 0.6 is 11.3 Å². The van der Waals surface area contributed by atoms with E-state index in [1.165, 1.54) is 11.3 Å². The fraction of sp³-hybridized carbons (Fsp3) is 0.353. The Labute approximate surface area is 128 Å². The summed E-state index contributed by atoms with van der Waals surface area (Å²) in [6.45, 7) is 0.412. The van der Waals surface area contributed by atoms with E-state index >= 15 is 0 Å². The first-order valence-electron chi connectivity index (χ1n) is 7.23. The van der Waals surface area contributed by atoms with E-state index in [9.17, 15) is 9.90 Å². The van der Waals surface area contributed by atoms with Crippen molar-refractivity contribution in [3.05, 3.63) is 46.7 Å². The van der Waals surface area contributed by atoms with E-state index in [0.717, 1.165) is 28.8 Å². The fourth-order valence-electron chi connectivity index (χ4n) is 2.49. The Kier molecular flexibility index (Phi) is 4.08. The fourth-order valence-corrected chi connectivity index (χ4v) is 3.40. The van der Waals surface area contributed by atoms with Crippen LogP contribution in [-0.4, -0.2) is 35.6 Å². The second kappa shape index (κ2) is 6.00. The number of aliphatic hydroxyl groups excluding tert-OH is 1. The second-order valence-electron chi connectivity index (χ2n) is 5.62. The molecule has 1 saturated carbocycles. The zero-order valence-electron chi connectivity index (χ0n) is 12.0. The lowest BCUT2D eigenvalue weighted by molar-refractivity contribution is 0.0650. The number of amides is 1. The molecule has 110 valence electrons. The summed E-state index contributed by atoms with van der Waals surface area (Å²) in [5, 5.41) is 11.9. The number of benzene rings is 1. The summed E-state index contributed by atoms with van der Waals surface area (Å²) in [5.41, 5.74) is 2.02. The van der Waals surface area contributed by atoms with Crippen molar-refractivity contribution in [1.82, 2.24) is 4.90 Å². The Bertz CT molecular complexity index is 619. The number of carbonyl (C=O) groups excluding carboxylic acids is 1.